The molecule has 0 amide bonds. The SMILES string of the molecule is CNC(CO)CSc1ccccc1F. The monoisotopic (exact) mass is 215 g/mol. The van der Waals surface area contributed by atoms with E-state index in [0.717, 1.165) is 0 Å². The molecule has 0 fully saturated rings. The lowest BCUT2D eigenvalue weighted by atomic mass is 10.3. The highest BCUT2D eigenvalue weighted by molar-refractivity contribution is 7.99. The number of aliphatic hydroxyl groups excluding tert-OH is 1. The van der Waals surface area contributed by atoms with Crippen molar-refractivity contribution >= 4 is 11.8 Å². The van der Waals surface area contributed by atoms with Crippen LogP contribution in [0.15, 0.2) is 29.2 Å². The fourth-order valence-electron chi connectivity index (χ4n) is 0.979. The number of hydrogen-bond acceptors (Lipinski definition) is 3. The summed E-state index contributed by atoms with van der Waals surface area (Å²) in [5.41, 5.74) is 0. The Morgan fingerprint density at radius 1 is 1.50 bits per heavy atom. The average molecular weight is 215 g/mol. The molecule has 0 aliphatic carbocycles. The van der Waals surface area contributed by atoms with Crippen molar-refractivity contribution in [3.63, 3.8) is 0 Å². The van der Waals surface area contributed by atoms with Crippen LogP contribution >= 0.6 is 11.8 Å². The maximum atomic E-state index is 13.1. The first-order chi connectivity index (χ1) is 6.77. The van der Waals surface area contributed by atoms with E-state index in [4.69, 9.17) is 5.11 Å². The molecule has 0 radical (unpaired) electrons. The molecule has 0 bridgehead atoms. The summed E-state index contributed by atoms with van der Waals surface area (Å²) in [6.45, 7) is 0.0674. The zero-order valence-corrected chi connectivity index (χ0v) is 8.85. The van der Waals surface area contributed by atoms with Gasteiger partial charge < -0.3 is 10.4 Å². The fourth-order valence-corrected chi connectivity index (χ4v) is 2.01. The van der Waals surface area contributed by atoms with Gasteiger partial charge >= 0.3 is 0 Å². The Balaban J connectivity index is 2.49. The molecule has 0 aliphatic heterocycles. The standard InChI is InChI=1S/C10H14FNOS/c1-12-8(6-13)7-14-10-5-3-2-4-9(10)11/h2-5,8,12-13H,6-7H2,1H3. The number of aliphatic hydroxyl groups is 1. The van der Waals surface area contributed by atoms with Crippen molar-refractivity contribution in [1.29, 1.82) is 0 Å². The number of rotatable bonds is 5. The van der Waals surface area contributed by atoms with Crippen molar-refractivity contribution < 1.29 is 9.50 Å². The molecule has 78 valence electrons. The van der Waals surface area contributed by atoms with Crippen LogP contribution in [0.3, 0.4) is 0 Å². The lowest BCUT2D eigenvalue weighted by molar-refractivity contribution is 0.260. The van der Waals surface area contributed by atoms with Crippen LogP contribution in [0.25, 0.3) is 0 Å². The zero-order valence-electron chi connectivity index (χ0n) is 8.03. The van der Waals surface area contributed by atoms with Gasteiger partial charge in [-0.05, 0) is 19.2 Å². The summed E-state index contributed by atoms with van der Waals surface area (Å²) in [5.74, 6) is 0.457. The van der Waals surface area contributed by atoms with E-state index in [0.29, 0.717) is 10.6 Å². The van der Waals surface area contributed by atoms with E-state index in [2.05, 4.69) is 5.32 Å². The highest BCUT2D eigenvalue weighted by Crippen LogP contribution is 2.21. The largest absolute Gasteiger partial charge is 0.395 e. The van der Waals surface area contributed by atoms with Gasteiger partial charge in [0.2, 0.25) is 0 Å². The number of thioether (sulfide) groups is 1. The molecule has 2 nitrogen and oxygen atoms in total. The van der Waals surface area contributed by atoms with Crippen LogP contribution < -0.4 is 5.32 Å². The van der Waals surface area contributed by atoms with Gasteiger partial charge in [-0.15, -0.1) is 11.8 Å². The Morgan fingerprint density at radius 2 is 2.21 bits per heavy atom. The minimum Gasteiger partial charge on any atom is -0.395 e. The number of halogens is 1. The molecular weight excluding hydrogens is 201 g/mol. The number of likely N-dealkylation sites (N-methyl/N-ethyl adjacent to an activating group) is 1. The minimum atomic E-state index is -0.203. The van der Waals surface area contributed by atoms with Crippen molar-refractivity contribution in [3.8, 4) is 0 Å². The van der Waals surface area contributed by atoms with Gasteiger partial charge in [0, 0.05) is 16.7 Å². The van der Waals surface area contributed by atoms with Gasteiger partial charge in [-0.3, -0.25) is 0 Å². The van der Waals surface area contributed by atoms with E-state index in [9.17, 15) is 4.39 Å². The summed E-state index contributed by atoms with van der Waals surface area (Å²) in [6.07, 6.45) is 0. The van der Waals surface area contributed by atoms with E-state index in [-0.39, 0.29) is 18.5 Å². The summed E-state index contributed by atoms with van der Waals surface area (Å²) in [5, 5.41) is 11.9. The molecule has 1 unspecified atom stereocenters. The molecule has 2 N–H and O–H groups in total. The fraction of sp³-hybridized carbons (Fsp3) is 0.400. The zero-order chi connectivity index (χ0) is 10.4. The summed E-state index contributed by atoms with van der Waals surface area (Å²) >= 11 is 1.41. The van der Waals surface area contributed by atoms with Crippen LogP contribution in [0, 0.1) is 5.82 Å². The Morgan fingerprint density at radius 3 is 2.79 bits per heavy atom. The second kappa shape index (κ2) is 6.01. The summed E-state index contributed by atoms with van der Waals surface area (Å²) in [4.78, 5) is 0.626. The second-order valence-electron chi connectivity index (χ2n) is 2.91. The Labute approximate surface area is 87.5 Å². The number of nitrogens with one attached hydrogen (secondary N) is 1. The maximum Gasteiger partial charge on any atom is 0.136 e. The van der Waals surface area contributed by atoms with Crippen molar-refractivity contribution in [1.82, 2.24) is 5.32 Å². The van der Waals surface area contributed by atoms with Crippen molar-refractivity contribution in [2.45, 2.75) is 10.9 Å². The van der Waals surface area contributed by atoms with Gasteiger partial charge in [-0.1, -0.05) is 12.1 Å². The third-order valence-corrected chi connectivity index (χ3v) is 3.12. The van der Waals surface area contributed by atoms with Gasteiger partial charge in [0.25, 0.3) is 0 Å². The molecule has 0 saturated carbocycles. The number of hydrogen-bond donors (Lipinski definition) is 2. The van der Waals surface area contributed by atoms with Crippen LogP contribution in [-0.4, -0.2) is 30.6 Å². The lowest BCUT2D eigenvalue weighted by Gasteiger charge is -2.12. The number of benzene rings is 1. The molecule has 0 spiro atoms. The topological polar surface area (TPSA) is 32.3 Å². The second-order valence-corrected chi connectivity index (χ2v) is 3.97. The van der Waals surface area contributed by atoms with Crippen LogP contribution in [0.4, 0.5) is 4.39 Å². The van der Waals surface area contributed by atoms with Crippen molar-refractivity contribution in [2.75, 3.05) is 19.4 Å². The molecule has 0 aliphatic rings. The molecule has 14 heavy (non-hydrogen) atoms. The van der Waals surface area contributed by atoms with Gasteiger partial charge in [0.15, 0.2) is 0 Å². The van der Waals surface area contributed by atoms with Gasteiger partial charge in [0.05, 0.1) is 6.61 Å². The lowest BCUT2D eigenvalue weighted by Crippen LogP contribution is -2.31. The van der Waals surface area contributed by atoms with Crippen molar-refractivity contribution in [3.05, 3.63) is 30.1 Å². The predicted molar refractivity (Wildman–Crippen MR) is 57.1 cm³/mol. The molecule has 0 heterocycles. The van der Waals surface area contributed by atoms with Crippen LogP contribution in [0.5, 0.6) is 0 Å². The van der Waals surface area contributed by atoms with Crippen molar-refractivity contribution in [2.24, 2.45) is 0 Å². The normalized spacial score (nSPS) is 12.8. The van der Waals surface area contributed by atoms with E-state index in [1.165, 1.54) is 17.8 Å². The van der Waals surface area contributed by atoms with E-state index in [1.807, 2.05) is 0 Å². The maximum absolute atomic E-state index is 13.1. The van der Waals surface area contributed by atoms with Crippen LogP contribution in [0.1, 0.15) is 0 Å². The van der Waals surface area contributed by atoms with E-state index < -0.39 is 0 Å². The predicted octanol–water partition coefficient (Wildman–Crippen LogP) is 1.50. The molecular formula is C10H14FNOS. The first-order valence-corrected chi connectivity index (χ1v) is 5.42. The first-order valence-electron chi connectivity index (χ1n) is 4.43. The van der Waals surface area contributed by atoms with Gasteiger partial charge in [-0.2, -0.15) is 0 Å². The third kappa shape index (κ3) is 3.29. The highest BCUT2D eigenvalue weighted by atomic mass is 32.2. The Hall–Kier alpha value is -0.580. The smallest absolute Gasteiger partial charge is 0.136 e. The van der Waals surface area contributed by atoms with Crippen LogP contribution in [0.2, 0.25) is 0 Å². The van der Waals surface area contributed by atoms with E-state index >= 15 is 0 Å². The molecule has 1 rings (SSSR count). The Kier molecular flexibility index (Phi) is 4.93. The third-order valence-electron chi connectivity index (χ3n) is 1.91. The summed E-state index contributed by atoms with van der Waals surface area (Å²) < 4.78 is 13.1. The molecule has 4 heteroatoms. The van der Waals surface area contributed by atoms with Gasteiger partial charge in [0.1, 0.15) is 5.82 Å². The van der Waals surface area contributed by atoms with Gasteiger partial charge in [-0.25, -0.2) is 4.39 Å². The Bertz CT molecular complexity index is 279. The van der Waals surface area contributed by atoms with Crippen LogP contribution in [-0.2, 0) is 0 Å². The molecule has 0 saturated heterocycles. The molecule has 1 aromatic rings. The first kappa shape index (κ1) is 11.5. The summed E-state index contributed by atoms with van der Waals surface area (Å²) in [7, 11) is 1.78. The average Bonchev–Trinajstić information content (AvgIpc) is 2.22. The molecule has 1 aromatic carbocycles. The molecule has 0 aromatic heterocycles. The highest BCUT2D eigenvalue weighted by Gasteiger charge is 2.06. The van der Waals surface area contributed by atoms with E-state index in [1.54, 1.807) is 25.2 Å². The quantitative estimate of drug-likeness (QED) is 0.730. The minimum absolute atomic E-state index is 0.0135. The molecule has 1 atom stereocenters. The summed E-state index contributed by atoms with van der Waals surface area (Å²) in [6, 6.07) is 6.67.